The van der Waals surface area contributed by atoms with Gasteiger partial charge in [0, 0.05) is 12.6 Å². The van der Waals surface area contributed by atoms with Gasteiger partial charge in [-0.3, -0.25) is 0 Å². The Labute approximate surface area is 102 Å². The normalized spacial score (nSPS) is 11.8. The molecule has 0 spiro atoms. The summed E-state index contributed by atoms with van der Waals surface area (Å²) < 4.78 is 9.89. The van der Waals surface area contributed by atoms with Crippen LogP contribution in [-0.2, 0) is 14.3 Å². The standard InChI is InChI=1S/C12H21NO4/c1-5-10(8-16-11(14)6-2)17-12(15)13-7-9(3)4/h6,9-10H,2,5,7-8H2,1,3-4H3,(H,13,15). The summed E-state index contributed by atoms with van der Waals surface area (Å²) in [6.07, 6.45) is 0.747. The summed E-state index contributed by atoms with van der Waals surface area (Å²) in [5, 5.41) is 2.63. The Bertz CT molecular complexity index is 263. The molecule has 1 amide bonds. The van der Waals surface area contributed by atoms with E-state index >= 15 is 0 Å². The average Bonchev–Trinajstić information content (AvgIpc) is 2.31. The van der Waals surface area contributed by atoms with Crippen molar-refractivity contribution < 1.29 is 19.1 Å². The van der Waals surface area contributed by atoms with Crippen molar-refractivity contribution in [2.24, 2.45) is 5.92 Å². The molecular formula is C12H21NO4. The molecule has 1 unspecified atom stereocenters. The van der Waals surface area contributed by atoms with Crippen LogP contribution in [0.15, 0.2) is 12.7 Å². The van der Waals surface area contributed by atoms with Crippen LogP contribution in [0.3, 0.4) is 0 Å². The van der Waals surface area contributed by atoms with Crippen molar-refractivity contribution >= 4 is 12.1 Å². The van der Waals surface area contributed by atoms with Crippen LogP contribution in [-0.4, -0.2) is 31.3 Å². The number of esters is 1. The number of hydrogen-bond donors (Lipinski definition) is 1. The molecule has 5 nitrogen and oxygen atoms in total. The second-order valence-electron chi connectivity index (χ2n) is 4.04. The van der Waals surface area contributed by atoms with E-state index in [1.165, 1.54) is 0 Å². The molecule has 17 heavy (non-hydrogen) atoms. The van der Waals surface area contributed by atoms with E-state index in [4.69, 9.17) is 9.47 Å². The van der Waals surface area contributed by atoms with Gasteiger partial charge in [-0.05, 0) is 12.3 Å². The van der Waals surface area contributed by atoms with Gasteiger partial charge in [0.15, 0.2) is 0 Å². The highest BCUT2D eigenvalue weighted by atomic mass is 16.6. The molecule has 0 bridgehead atoms. The lowest BCUT2D eigenvalue weighted by molar-refractivity contribution is -0.140. The molecule has 98 valence electrons. The first kappa shape index (κ1) is 15.5. The highest BCUT2D eigenvalue weighted by Gasteiger charge is 2.14. The smallest absolute Gasteiger partial charge is 0.407 e. The first-order chi connectivity index (χ1) is 7.99. The quantitative estimate of drug-likeness (QED) is 0.547. The SMILES string of the molecule is C=CC(=O)OCC(CC)OC(=O)NCC(C)C. The van der Waals surface area contributed by atoms with Gasteiger partial charge in [0.1, 0.15) is 12.7 Å². The molecule has 0 radical (unpaired) electrons. The topological polar surface area (TPSA) is 64.6 Å². The van der Waals surface area contributed by atoms with E-state index in [2.05, 4.69) is 11.9 Å². The van der Waals surface area contributed by atoms with E-state index in [-0.39, 0.29) is 6.61 Å². The summed E-state index contributed by atoms with van der Waals surface area (Å²) in [5.74, 6) is -0.157. The number of rotatable bonds is 7. The summed E-state index contributed by atoms with van der Waals surface area (Å²) in [7, 11) is 0. The van der Waals surface area contributed by atoms with Gasteiger partial charge in [-0.15, -0.1) is 0 Å². The number of ether oxygens (including phenoxy) is 2. The predicted molar refractivity (Wildman–Crippen MR) is 64.6 cm³/mol. The van der Waals surface area contributed by atoms with Gasteiger partial charge >= 0.3 is 12.1 Å². The molecule has 0 aromatic heterocycles. The van der Waals surface area contributed by atoms with Gasteiger partial charge in [-0.2, -0.15) is 0 Å². The lowest BCUT2D eigenvalue weighted by Crippen LogP contribution is -2.33. The molecule has 0 aromatic carbocycles. The van der Waals surface area contributed by atoms with Crippen LogP contribution in [0.4, 0.5) is 4.79 Å². The Morgan fingerprint density at radius 3 is 2.53 bits per heavy atom. The van der Waals surface area contributed by atoms with Crippen molar-refractivity contribution in [1.82, 2.24) is 5.32 Å². The van der Waals surface area contributed by atoms with Crippen LogP contribution in [0, 0.1) is 5.92 Å². The molecule has 1 N–H and O–H groups in total. The van der Waals surface area contributed by atoms with E-state index in [1.807, 2.05) is 20.8 Å². The highest BCUT2D eigenvalue weighted by molar-refractivity contribution is 5.81. The molecule has 0 heterocycles. The van der Waals surface area contributed by atoms with E-state index in [9.17, 15) is 9.59 Å². The number of amides is 1. The van der Waals surface area contributed by atoms with Crippen molar-refractivity contribution in [3.05, 3.63) is 12.7 Å². The first-order valence-corrected chi connectivity index (χ1v) is 5.73. The predicted octanol–water partition coefficient (Wildman–Crippen LogP) is 1.88. The fraction of sp³-hybridized carbons (Fsp3) is 0.667. The van der Waals surface area contributed by atoms with Crippen LogP contribution in [0.5, 0.6) is 0 Å². The molecule has 5 heteroatoms. The van der Waals surface area contributed by atoms with Crippen LogP contribution in [0.1, 0.15) is 27.2 Å². The number of hydrogen-bond acceptors (Lipinski definition) is 4. The second-order valence-corrected chi connectivity index (χ2v) is 4.04. The van der Waals surface area contributed by atoms with Crippen LogP contribution in [0.2, 0.25) is 0 Å². The molecule has 0 aromatic rings. The van der Waals surface area contributed by atoms with Crippen molar-refractivity contribution in [3.63, 3.8) is 0 Å². The van der Waals surface area contributed by atoms with Gasteiger partial charge in [0.2, 0.25) is 0 Å². The third-order valence-electron chi connectivity index (χ3n) is 1.96. The first-order valence-electron chi connectivity index (χ1n) is 5.73. The zero-order valence-corrected chi connectivity index (χ0v) is 10.7. The number of alkyl carbamates (subject to hydrolysis) is 1. The molecule has 0 saturated carbocycles. The Morgan fingerprint density at radius 1 is 1.41 bits per heavy atom. The van der Waals surface area contributed by atoms with E-state index in [0.29, 0.717) is 18.9 Å². The fourth-order valence-corrected chi connectivity index (χ4v) is 0.950. The third-order valence-corrected chi connectivity index (χ3v) is 1.96. The number of carbonyl (C=O) groups excluding carboxylic acids is 2. The highest BCUT2D eigenvalue weighted by Crippen LogP contribution is 2.00. The van der Waals surface area contributed by atoms with Crippen molar-refractivity contribution in [3.8, 4) is 0 Å². The average molecular weight is 243 g/mol. The maximum Gasteiger partial charge on any atom is 0.407 e. The molecule has 0 fully saturated rings. The van der Waals surface area contributed by atoms with Crippen LogP contribution < -0.4 is 5.32 Å². The van der Waals surface area contributed by atoms with Crippen LogP contribution >= 0.6 is 0 Å². The van der Waals surface area contributed by atoms with E-state index in [0.717, 1.165) is 6.08 Å². The number of nitrogens with one attached hydrogen (secondary N) is 1. The van der Waals surface area contributed by atoms with Crippen molar-refractivity contribution in [2.75, 3.05) is 13.2 Å². The van der Waals surface area contributed by atoms with Gasteiger partial charge in [-0.1, -0.05) is 27.4 Å². The number of carbonyl (C=O) groups is 2. The van der Waals surface area contributed by atoms with E-state index < -0.39 is 18.2 Å². The zero-order chi connectivity index (χ0) is 13.3. The molecule has 0 aliphatic carbocycles. The largest absolute Gasteiger partial charge is 0.459 e. The molecule has 0 rings (SSSR count). The van der Waals surface area contributed by atoms with Gasteiger partial charge in [0.25, 0.3) is 0 Å². The minimum Gasteiger partial charge on any atom is -0.459 e. The summed E-state index contributed by atoms with van der Waals surface area (Å²) in [5.41, 5.74) is 0. The summed E-state index contributed by atoms with van der Waals surface area (Å²) >= 11 is 0. The Balaban J connectivity index is 3.90. The Morgan fingerprint density at radius 2 is 2.06 bits per heavy atom. The van der Waals surface area contributed by atoms with Crippen LogP contribution in [0.25, 0.3) is 0 Å². The Hall–Kier alpha value is -1.52. The summed E-state index contributed by atoms with van der Waals surface area (Å²) in [4.78, 5) is 22.2. The molecule has 0 saturated heterocycles. The maximum atomic E-state index is 11.3. The molecule has 1 atom stereocenters. The maximum absolute atomic E-state index is 11.3. The molecular weight excluding hydrogens is 222 g/mol. The summed E-state index contributed by atoms with van der Waals surface area (Å²) in [6, 6.07) is 0. The minimum atomic E-state index is -0.519. The minimum absolute atomic E-state index is 0.0520. The molecule has 0 aliphatic rings. The van der Waals surface area contributed by atoms with Crippen molar-refractivity contribution in [1.29, 1.82) is 0 Å². The lowest BCUT2D eigenvalue weighted by Gasteiger charge is -2.16. The van der Waals surface area contributed by atoms with Gasteiger partial charge in [-0.25, -0.2) is 9.59 Å². The van der Waals surface area contributed by atoms with Gasteiger partial charge in [0.05, 0.1) is 0 Å². The monoisotopic (exact) mass is 243 g/mol. The lowest BCUT2D eigenvalue weighted by atomic mass is 10.2. The van der Waals surface area contributed by atoms with Gasteiger partial charge < -0.3 is 14.8 Å². The Kier molecular flexibility index (Phi) is 7.84. The third kappa shape index (κ3) is 8.30. The second kappa shape index (κ2) is 8.61. The van der Waals surface area contributed by atoms with Crippen molar-refractivity contribution in [2.45, 2.75) is 33.3 Å². The zero-order valence-electron chi connectivity index (χ0n) is 10.7. The summed E-state index contributed by atoms with van der Waals surface area (Å²) in [6.45, 7) is 9.72. The molecule has 0 aliphatic heterocycles. The van der Waals surface area contributed by atoms with E-state index in [1.54, 1.807) is 0 Å². The fourth-order valence-electron chi connectivity index (χ4n) is 0.950.